The Kier molecular flexibility index (Phi) is 2.40. The van der Waals surface area contributed by atoms with Gasteiger partial charge in [0.05, 0.1) is 6.26 Å². The Bertz CT molecular complexity index is 425. The van der Waals surface area contributed by atoms with Crippen molar-refractivity contribution in [3.8, 4) is 0 Å². The topological polar surface area (TPSA) is 72.8 Å². The second-order valence-corrected chi connectivity index (χ2v) is 3.55. The fourth-order valence-electron chi connectivity index (χ4n) is 1.42. The highest BCUT2D eigenvalue weighted by Gasteiger charge is 2.36. The average Bonchev–Trinajstić information content (AvgIpc) is 2.54. The maximum absolute atomic E-state index is 11.3. The zero-order valence-corrected chi connectivity index (χ0v) is 8.60. The Balaban J connectivity index is 2.36. The first-order chi connectivity index (χ1) is 7.53. The molecule has 0 radical (unpaired) electrons. The van der Waals surface area contributed by atoms with Crippen molar-refractivity contribution in [2.24, 2.45) is 0 Å². The Labute approximate surface area is 91.7 Å². The molecule has 0 aromatic carbocycles. The van der Waals surface area contributed by atoms with E-state index in [9.17, 15) is 14.7 Å². The number of ether oxygens (including phenoxy) is 2. The van der Waals surface area contributed by atoms with Crippen LogP contribution >= 0.6 is 0 Å². The van der Waals surface area contributed by atoms with Gasteiger partial charge in [0.1, 0.15) is 5.57 Å². The second kappa shape index (κ2) is 3.61. The van der Waals surface area contributed by atoms with Crippen molar-refractivity contribution in [1.29, 1.82) is 0 Å². The molecular weight excluding hydrogens is 212 g/mol. The van der Waals surface area contributed by atoms with Crippen LogP contribution in [0.3, 0.4) is 0 Å². The van der Waals surface area contributed by atoms with E-state index in [1.165, 1.54) is 6.26 Å². The summed E-state index contributed by atoms with van der Waals surface area (Å²) in [5.74, 6) is -2.93. The third-order valence-electron chi connectivity index (χ3n) is 2.43. The van der Waals surface area contributed by atoms with E-state index in [1.807, 2.05) is 0 Å². The number of cyclic esters (lactones) is 1. The largest absolute Gasteiger partial charge is 0.462 e. The fraction of sp³-hybridized carbons (Fsp3) is 0.273. The summed E-state index contributed by atoms with van der Waals surface area (Å²) in [5, 5.41) is 10.1. The van der Waals surface area contributed by atoms with Crippen molar-refractivity contribution in [2.45, 2.75) is 12.7 Å². The van der Waals surface area contributed by atoms with E-state index < -0.39 is 17.5 Å². The number of carbonyl (C=O) groups is 2. The molecule has 0 spiro atoms. The smallest absolute Gasteiger partial charge is 0.342 e. The molecule has 0 amide bonds. The Morgan fingerprint density at radius 1 is 1.50 bits per heavy atom. The number of carbonyl (C=O) groups excluding carboxylic acids is 2. The van der Waals surface area contributed by atoms with Crippen LogP contribution in [0.15, 0.2) is 35.6 Å². The van der Waals surface area contributed by atoms with Gasteiger partial charge in [0.2, 0.25) is 5.78 Å². The summed E-state index contributed by atoms with van der Waals surface area (Å²) in [6.07, 6.45) is 5.61. The van der Waals surface area contributed by atoms with Crippen LogP contribution in [0.4, 0.5) is 0 Å². The molecule has 2 aliphatic heterocycles. The molecule has 2 rings (SSSR count). The molecule has 1 N–H and O–H groups in total. The van der Waals surface area contributed by atoms with E-state index in [4.69, 9.17) is 4.74 Å². The zero-order chi connectivity index (χ0) is 11.8. The van der Waals surface area contributed by atoms with Gasteiger partial charge in [0.15, 0.2) is 6.61 Å². The predicted molar refractivity (Wildman–Crippen MR) is 53.0 cm³/mol. The van der Waals surface area contributed by atoms with Gasteiger partial charge < -0.3 is 14.6 Å². The standard InChI is InChI=1S/C11H10O5/c1-7-3-2-4-16-11(7,14)5-8-9(12)6-15-10(8)13/h2-5,14H,6H2,1H3/b8-5+. The number of hydrogen-bond donors (Lipinski definition) is 1. The highest BCUT2D eigenvalue weighted by atomic mass is 16.6. The third kappa shape index (κ3) is 1.65. The van der Waals surface area contributed by atoms with Crippen LogP contribution in [0, 0.1) is 0 Å². The molecule has 16 heavy (non-hydrogen) atoms. The molecule has 5 heteroatoms. The maximum atomic E-state index is 11.3. The molecule has 1 unspecified atom stereocenters. The number of hydrogen-bond acceptors (Lipinski definition) is 5. The minimum absolute atomic E-state index is 0.175. The summed E-state index contributed by atoms with van der Waals surface area (Å²) >= 11 is 0. The number of Topliss-reactive ketones (excluding diaryl/α,β-unsaturated/α-hetero) is 1. The maximum Gasteiger partial charge on any atom is 0.342 e. The van der Waals surface area contributed by atoms with Crippen molar-refractivity contribution >= 4 is 11.8 Å². The summed E-state index contributed by atoms with van der Waals surface area (Å²) < 4.78 is 9.55. The lowest BCUT2D eigenvalue weighted by Crippen LogP contribution is -2.32. The van der Waals surface area contributed by atoms with Crippen molar-refractivity contribution < 1.29 is 24.2 Å². The van der Waals surface area contributed by atoms with Gasteiger partial charge in [-0.05, 0) is 13.0 Å². The second-order valence-electron chi connectivity index (χ2n) is 3.55. The molecule has 0 aromatic heterocycles. The molecule has 0 bridgehead atoms. The van der Waals surface area contributed by atoms with Gasteiger partial charge in [-0.25, -0.2) is 4.79 Å². The number of aliphatic hydroxyl groups is 1. The predicted octanol–water partition coefficient (Wildman–Crippen LogP) is 0.218. The van der Waals surface area contributed by atoms with Gasteiger partial charge in [0, 0.05) is 11.6 Å². The van der Waals surface area contributed by atoms with E-state index in [1.54, 1.807) is 19.1 Å². The molecule has 0 aliphatic carbocycles. The molecule has 0 saturated carbocycles. The third-order valence-corrected chi connectivity index (χ3v) is 2.43. The first kappa shape index (κ1) is 10.6. The monoisotopic (exact) mass is 222 g/mol. The van der Waals surface area contributed by atoms with Gasteiger partial charge in [-0.3, -0.25) is 4.79 Å². The highest BCUT2D eigenvalue weighted by molar-refractivity contribution is 6.21. The summed E-state index contributed by atoms with van der Waals surface area (Å²) in [7, 11) is 0. The number of allylic oxidation sites excluding steroid dienone is 2. The molecule has 1 fully saturated rings. The lowest BCUT2D eigenvalue weighted by atomic mass is 10.0. The minimum Gasteiger partial charge on any atom is -0.462 e. The molecular formula is C11H10O5. The first-order valence-corrected chi connectivity index (χ1v) is 4.70. The molecule has 1 saturated heterocycles. The van der Waals surface area contributed by atoms with Crippen molar-refractivity contribution in [3.63, 3.8) is 0 Å². The van der Waals surface area contributed by atoms with Crippen LogP contribution in [0.1, 0.15) is 6.92 Å². The normalized spacial score (nSPS) is 31.4. The van der Waals surface area contributed by atoms with E-state index in [0.717, 1.165) is 6.08 Å². The Hall–Kier alpha value is -1.88. The fourth-order valence-corrected chi connectivity index (χ4v) is 1.42. The zero-order valence-electron chi connectivity index (χ0n) is 8.60. The van der Waals surface area contributed by atoms with Crippen LogP contribution in [0.2, 0.25) is 0 Å². The Morgan fingerprint density at radius 3 is 2.81 bits per heavy atom. The summed E-state index contributed by atoms with van der Waals surface area (Å²) in [6.45, 7) is 1.35. The van der Waals surface area contributed by atoms with Gasteiger partial charge in [-0.2, -0.15) is 0 Å². The minimum atomic E-state index is -1.75. The lowest BCUT2D eigenvalue weighted by molar-refractivity contribution is -0.136. The van der Waals surface area contributed by atoms with Crippen LogP contribution < -0.4 is 0 Å². The van der Waals surface area contributed by atoms with Gasteiger partial charge in [0.25, 0.3) is 5.79 Å². The van der Waals surface area contributed by atoms with Crippen LogP contribution in [-0.4, -0.2) is 29.3 Å². The van der Waals surface area contributed by atoms with Crippen molar-refractivity contribution in [2.75, 3.05) is 6.61 Å². The number of ketones is 1. The van der Waals surface area contributed by atoms with E-state index in [0.29, 0.717) is 5.57 Å². The van der Waals surface area contributed by atoms with Crippen LogP contribution in [0.25, 0.3) is 0 Å². The lowest BCUT2D eigenvalue weighted by Gasteiger charge is -2.27. The molecule has 84 valence electrons. The van der Waals surface area contributed by atoms with Gasteiger partial charge in [-0.15, -0.1) is 0 Å². The average molecular weight is 222 g/mol. The van der Waals surface area contributed by atoms with E-state index >= 15 is 0 Å². The highest BCUT2D eigenvalue weighted by Crippen LogP contribution is 2.26. The molecule has 0 aromatic rings. The molecule has 2 aliphatic rings. The van der Waals surface area contributed by atoms with Gasteiger partial charge >= 0.3 is 5.97 Å². The molecule has 2 heterocycles. The van der Waals surface area contributed by atoms with Crippen LogP contribution in [0.5, 0.6) is 0 Å². The molecule has 5 nitrogen and oxygen atoms in total. The summed E-state index contributed by atoms with van der Waals surface area (Å²) in [4.78, 5) is 22.5. The quantitative estimate of drug-likeness (QED) is 0.390. The first-order valence-electron chi connectivity index (χ1n) is 4.70. The number of rotatable bonds is 1. The molecule has 1 atom stereocenters. The van der Waals surface area contributed by atoms with E-state index in [2.05, 4.69) is 4.74 Å². The Morgan fingerprint density at radius 2 is 2.25 bits per heavy atom. The van der Waals surface area contributed by atoms with Crippen LogP contribution in [-0.2, 0) is 19.1 Å². The van der Waals surface area contributed by atoms with Crippen molar-refractivity contribution in [1.82, 2.24) is 0 Å². The SMILES string of the molecule is CC1=CC=COC1(O)/C=C1\C(=O)COC1=O. The van der Waals surface area contributed by atoms with Gasteiger partial charge in [-0.1, -0.05) is 6.08 Å². The summed E-state index contributed by atoms with van der Waals surface area (Å²) in [6, 6.07) is 0. The summed E-state index contributed by atoms with van der Waals surface area (Å²) in [5.41, 5.74) is 0.306. The van der Waals surface area contributed by atoms with Crippen molar-refractivity contribution in [3.05, 3.63) is 35.6 Å². The number of esters is 1. The van der Waals surface area contributed by atoms with E-state index in [-0.39, 0.29) is 12.2 Å².